The Balaban J connectivity index is 1.91. The van der Waals surface area contributed by atoms with Crippen LogP contribution in [0.1, 0.15) is 96.8 Å². The molecule has 3 heteroatoms. The predicted octanol–water partition coefficient (Wildman–Crippen LogP) is 5.41. The van der Waals surface area contributed by atoms with Gasteiger partial charge in [-0.05, 0) is 32.1 Å². The first kappa shape index (κ1) is 19.5. The van der Waals surface area contributed by atoms with E-state index < -0.39 is 0 Å². The Bertz CT molecular complexity index is 278. The molecule has 0 bridgehead atoms. The molecular formula is C19H36O3. The van der Waals surface area contributed by atoms with Crippen molar-refractivity contribution in [3.8, 4) is 0 Å². The third kappa shape index (κ3) is 9.45. The second-order valence-electron chi connectivity index (χ2n) is 6.69. The van der Waals surface area contributed by atoms with E-state index in [4.69, 9.17) is 4.74 Å². The standard InChI is InChI=1S/C19H36O3/c1-3-4-5-6-7-9-12-17-15-16-18(22-17)13-10-8-11-14-19(20)21-2/h17-18H,3-16H2,1-2H3/t17-,18-/m0/s1. The van der Waals surface area contributed by atoms with Crippen molar-refractivity contribution in [2.24, 2.45) is 0 Å². The average Bonchev–Trinajstić information content (AvgIpc) is 2.98. The number of hydrogen-bond donors (Lipinski definition) is 0. The smallest absolute Gasteiger partial charge is 0.305 e. The molecule has 1 aliphatic heterocycles. The Hall–Kier alpha value is -0.570. The van der Waals surface area contributed by atoms with Gasteiger partial charge in [-0.2, -0.15) is 0 Å². The van der Waals surface area contributed by atoms with Crippen molar-refractivity contribution in [1.82, 2.24) is 0 Å². The lowest BCUT2D eigenvalue weighted by atomic mass is 10.0. The van der Waals surface area contributed by atoms with E-state index >= 15 is 0 Å². The predicted molar refractivity (Wildman–Crippen MR) is 91.0 cm³/mol. The van der Waals surface area contributed by atoms with E-state index in [0.29, 0.717) is 18.6 Å². The van der Waals surface area contributed by atoms with E-state index in [9.17, 15) is 4.79 Å². The maximum Gasteiger partial charge on any atom is 0.305 e. The van der Waals surface area contributed by atoms with E-state index in [0.717, 1.165) is 19.3 Å². The van der Waals surface area contributed by atoms with Crippen molar-refractivity contribution in [3.63, 3.8) is 0 Å². The van der Waals surface area contributed by atoms with Gasteiger partial charge in [-0.1, -0.05) is 58.3 Å². The molecule has 2 atom stereocenters. The van der Waals surface area contributed by atoms with Crippen LogP contribution in [0, 0.1) is 0 Å². The topological polar surface area (TPSA) is 35.5 Å². The van der Waals surface area contributed by atoms with Gasteiger partial charge in [0.25, 0.3) is 0 Å². The molecule has 0 N–H and O–H groups in total. The van der Waals surface area contributed by atoms with Gasteiger partial charge >= 0.3 is 5.97 Å². The number of esters is 1. The SMILES string of the molecule is CCCCCCCC[C@H]1CC[C@H](CCCCCC(=O)OC)O1. The molecule has 0 aromatic rings. The summed E-state index contributed by atoms with van der Waals surface area (Å²) < 4.78 is 10.8. The Morgan fingerprint density at radius 2 is 1.45 bits per heavy atom. The summed E-state index contributed by atoms with van der Waals surface area (Å²) in [7, 11) is 1.46. The molecule has 3 nitrogen and oxygen atoms in total. The third-order valence-corrected chi connectivity index (χ3v) is 4.71. The number of carbonyl (C=O) groups is 1. The molecule has 1 saturated heterocycles. The van der Waals surface area contributed by atoms with E-state index in [1.807, 2.05) is 0 Å². The van der Waals surface area contributed by atoms with Crippen LogP contribution in [0.25, 0.3) is 0 Å². The highest BCUT2D eigenvalue weighted by molar-refractivity contribution is 5.68. The number of carbonyl (C=O) groups excluding carboxylic acids is 1. The number of methoxy groups -OCH3 is 1. The summed E-state index contributed by atoms with van der Waals surface area (Å²) in [5.74, 6) is -0.0869. The Morgan fingerprint density at radius 1 is 0.909 bits per heavy atom. The molecule has 0 spiro atoms. The van der Waals surface area contributed by atoms with Crippen molar-refractivity contribution in [2.45, 2.75) is 109 Å². The van der Waals surface area contributed by atoms with Gasteiger partial charge in [0, 0.05) is 6.42 Å². The molecule has 0 amide bonds. The van der Waals surface area contributed by atoms with E-state index in [-0.39, 0.29) is 5.97 Å². The van der Waals surface area contributed by atoms with Gasteiger partial charge in [0.2, 0.25) is 0 Å². The number of hydrogen-bond acceptors (Lipinski definition) is 3. The molecule has 0 radical (unpaired) electrons. The highest BCUT2D eigenvalue weighted by Gasteiger charge is 2.24. The molecule has 1 rings (SSSR count). The van der Waals surface area contributed by atoms with Crippen molar-refractivity contribution < 1.29 is 14.3 Å². The molecule has 1 fully saturated rings. The number of rotatable bonds is 13. The average molecular weight is 312 g/mol. The van der Waals surface area contributed by atoms with Gasteiger partial charge in [-0.25, -0.2) is 0 Å². The molecule has 0 saturated carbocycles. The van der Waals surface area contributed by atoms with Crippen LogP contribution in [-0.4, -0.2) is 25.3 Å². The minimum atomic E-state index is -0.0869. The van der Waals surface area contributed by atoms with Crippen LogP contribution in [0.2, 0.25) is 0 Å². The lowest BCUT2D eigenvalue weighted by molar-refractivity contribution is -0.140. The normalized spacial score (nSPS) is 21.2. The summed E-state index contributed by atoms with van der Waals surface area (Å²) in [5, 5.41) is 0. The molecule has 0 aromatic carbocycles. The summed E-state index contributed by atoms with van der Waals surface area (Å²) in [5.41, 5.74) is 0. The van der Waals surface area contributed by atoms with Gasteiger partial charge in [-0.15, -0.1) is 0 Å². The maximum absolute atomic E-state index is 11.0. The van der Waals surface area contributed by atoms with E-state index in [2.05, 4.69) is 11.7 Å². The van der Waals surface area contributed by atoms with Crippen molar-refractivity contribution in [2.75, 3.05) is 7.11 Å². The van der Waals surface area contributed by atoms with Crippen LogP contribution in [0.4, 0.5) is 0 Å². The lowest BCUT2D eigenvalue weighted by Crippen LogP contribution is -2.11. The Morgan fingerprint density at radius 3 is 2.05 bits per heavy atom. The van der Waals surface area contributed by atoms with E-state index in [1.54, 1.807) is 0 Å². The largest absolute Gasteiger partial charge is 0.469 e. The minimum Gasteiger partial charge on any atom is -0.469 e. The van der Waals surface area contributed by atoms with Crippen LogP contribution >= 0.6 is 0 Å². The molecule has 130 valence electrons. The molecule has 0 aromatic heterocycles. The first-order chi connectivity index (χ1) is 10.8. The second kappa shape index (κ2) is 12.9. The molecule has 0 aliphatic carbocycles. The van der Waals surface area contributed by atoms with Crippen molar-refractivity contribution in [3.05, 3.63) is 0 Å². The zero-order valence-electron chi connectivity index (χ0n) is 14.8. The first-order valence-corrected chi connectivity index (χ1v) is 9.48. The fourth-order valence-corrected chi connectivity index (χ4v) is 3.28. The number of ether oxygens (including phenoxy) is 2. The molecular weight excluding hydrogens is 276 g/mol. The maximum atomic E-state index is 11.0. The van der Waals surface area contributed by atoms with Gasteiger partial charge in [0.15, 0.2) is 0 Å². The van der Waals surface area contributed by atoms with Crippen molar-refractivity contribution in [1.29, 1.82) is 0 Å². The van der Waals surface area contributed by atoms with Crippen molar-refractivity contribution >= 4 is 5.97 Å². The summed E-state index contributed by atoms with van der Waals surface area (Å²) in [6.07, 6.45) is 17.9. The molecule has 1 aliphatic rings. The van der Waals surface area contributed by atoms with Gasteiger partial charge < -0.3 is 9.47 Å². The minimum absolute atomic E-state index is 0.0869. The highest BCUT2D eigenvalue weighted by Crippen LogP contribution is 2.27. The van der Waals surface area contributed by atoms with E-state index in [1.165, 1.54) is 71.3 Å². The summed E-state index contributed by atoms with van der Waals surface area (Å²) >= 11 is 0. The highest BCUT2D eigenvalue weighted by atomic mass is 16.5. The quantitative estimate of drug-likeness (QED) is 0.337. The van der Waals surface area contributed by atoms with Crippen LogP contribution in [0.15, 0.2) is 0 Å². The molecule has 1 heterocycles. The Kier molecular flexibility index (Phi) is 11.4. The van der Waals surface area contributed by atoms with Gasteiger partial charge in [-0.3, -0.25) is 4.79 Å². The molecule has 22 heavy (non-hydrogen) atoms. The van der Waals surface area contributed by atoms with Gasteiger partial charge in [0.05, 0.1) is 19.3 Å². The fourth-order valence-electron chi connectivity index (χ4n) is 3.28. The van der Waals surface area contributed by atoms with Gasteiger partial charge in [0.1, 0.15) is 0 Å². The van der Waals surface area contributed by atoms with Crippen LogP contribution in [0.5, 0.6) is 0 Å². The number of unbranched alkanes of at least 4 members (excludes halogenated alkanes) is 7. The van der Waals surface area contributed by atoms with Crippen LogP contribution in [-0.2, 0) is 14.3 Å². The molecule has 0 unspecified atom stereocenters. The summed E-state index contributed by atoms with van der Waals surface area (Å²) in [4.78, 5) is 11.0. The van der Waals surface area contributed by atoms with Crippen LogP contribution < -0.4 is 0 Å². The lowest BCUT2D eigenvalue weighted by Gasteiger charge is -2.13. The first-order valence-electron chi connectivity index (χ1n) is 9.48. The fraction of sp³-hybridized carbons (Fsp3) is 0.947. The second-order valence-corrected chi connectivity index (χ2v) is 6.69. The zero-order valence-corrected chi connectivity index (χ0v) is 14.8. The van der Waals surface area contributed by atoms with Crippen LogP contribution in [0.3, 0.4) is 0 Å². The summed E-state index contributed by atoms with van der Waals surface area (Å²) in [6.45, 7) is 2.27. The zero-order chi connectivity index (χ0) is 16.0. The summed E-state index contributed by atoms with van der Waals surface area (Å²) in [6, 6.07) is 0. The third-order valence-electron chi connectivity index (χ3n) is 4.71. The monoisotopic (exact) mass is 312 g/mol. The Labute approximate surface area is 137 Å².